The van der Waals surface area contributed by atoms with E-state index in [1.807, 2.05) is 24.0 Å². The Morgan fingerprint density at radius 2 is 2.12 bits per heavy atom. The van der Waals surface area contributed by atoms with Crippen LogP contribution in [0.4, 0.5) is 22.7 Å². The molecule has 0 spiro atoms. The number of halogens is 1. The molecule has 0 bridgehead atoms. The van der Waals surface area contributed by atoms with Crippen LogP contribution in [-0.2, 0) is 11.2 Å². The standard InChI is InChI=1S/C22H25ClN8O2S/c1-12(2)9-16-26-20(29-21(27-16)31-8-7-24-17(32)11-31)30-22-25-10-15(34-22)19(33)28-18-13(3)5-4-6-14(18)23/h4-6,10,12H,7-9,11H2,1-3H3,(H,24,32)(H,28,33)(H,25,26,27,29,30). The Kier molecular flexibility index (Phi) is 7.23. The van der Waals surface area contributed by atoms with E-state index in [2.05, 4.69) is 49.7 Å². The molecule has 1 aliphatic rings. The molecule has 1 fully saturated rings. The van der Waals surface area contributed by atoms with Crippen LogP contribution in [0.25, 0.3) is 0 Å². The first-order valence-corrected chi connectivity index (χ1v) is 12.0. The van der Waals surface area contributed by atoms with E-state index in [0.717, 1.165) is 5.56 Å². The number of anilines is 4. The second-order valence-electron chi connectivity index (χ2n) is 8.29. The molecule has 3 heterocycles. The first-order chi connectivity index (χ1) is 16.3. The van der Waals surface area contributed by atoms with E-state index in [0.29, 0.717) is 63.9 Å². The molecule has 10 nitrogen and oxygen atoms in total. The minimum atomic E-state index is -0.307. The highest BCUT2D eigenvalue weighted by atomic mass is 35.5. The van der Waals surface area contributed by atoms with Crippen molar-refractivity contribution in [2.75, 3.05) is 35.2 Å². The summed E-state index contributed by atoms with van der Waals surface area (Å²) in [4.78, 5) is 44.7. The molecule has 34 heavy (non-hydrogen) atoms. The lowest BCUT2D eigenvalue weighted by molar-refractivity contribution is -0.120. The van der Waals surface area contributed by atoms with Gasteiger partial charge in [-0.25, -0.2) is 4.98 Å². The molecule has 3 aromatic rings. The summed E-state index contributed by atoms with van der Waals surface area (Å²) in [6, 6.07) is 5.43. The SMILES string of the molecule is Cc1cccc(Cl)c1NC(=O)c1cnc(Nc2nc(CC(C)C)nc(N3CCNC(=O)C3)n2)s1. The summed E-state index contributed by atoms with van der Waals surface area (Å²) in [6.07, 6.45) is 2.15. The molecule has 2 aromatic heterocycles. The van der Waals surface area contributed by atoms with Crippen LogP contribution in [0.1, 0.15) is 34.9 Å². The van der Waals surface area contributed by atoms with Crippen LogP contribution < -0.4 is 20.9 Å². The van der Waals surface area contributed by atoms with E-state index in [9.17, 15) is 9.59 Å². The minimum Gasteiger partial charge on any atom is -0.353 e. The van der Waals surface area contributed by atoms with Crippen molar-refractivity contribution < 1.29 is 9.59 Å². The summed E-state index contributed by atoms with van der Waals surface area (Å²) in [5.41, 5.74) is 1.44. The van der Waals surface area contributed by atoms with Gasteiger partial charge in [0, 0.05) is 19.5 Å². The van der Waals surface area contributed by atoms with Gasteiger partial charge in [0.15, 0.2) is 5.13 Å². The maximum Gasteiger partial charge on any atom is 0.267 e. The van der Waals surface area contributed by atoms with Crippen LogP contribution in [0.3, 0.4) is 0 Å². The van der Waals surface area contributed by atoms with Crippen LogP contribution in [-0.4, -0.2) is 51.4 Å². The van der Waals surface area contributed by atoms with Crippen LogP contribution >= 0.6 is 22.9 Å². The van der Waals surface area contributed by atoms with E-state index >= 15 is 0 Å². The molecule has 1 aromatic carbocycles. The van der Waals surface area contributed by atoms with Gasteiger partial charge in [-0.15, -0.1) is 0 Å². The molecule has 4 rings (SSSR count). The van der Waals surface area contributed by atoms with Gasteiger partial charge in [-0.1, -0.05) is 48.9 Å². The predicted molar refractivity (Wildman–Crippen MR) is 133 cm³/mol. The number of nitrogens with zero attached hydrogens (tertiary/aromatic N) is 5. The Labute approximate surface area is 206 Å². The fraction of sp³-hybridized carbons (Fsp3) is 0.364. The molecule has 1 saturated heterocycles. The molecule has 2 amide bonds. The number of rotatable bonds is 7. The molecule has 12 heteroatoms. The van der Waals surface area contributed by atoms with Crippen molar-refractivity contribution >= 4 is 57.5 Å². The van der Waals surface area contributed by atoms with Crippen molar-refractivity contribution in [3.63, 3.8) is 0 Å². The van der Waals surface area contributed by atoms with Gasteiger partial charge in [-0.2, -0.15) is 15.0 Å². The third kappa shape index (κ3) is 5.78. The number of thiazole rings is 1. The zero-order chi connectivity index (χ0) is 24.2. The molecular formula is C22H25ClN8O2S. The Morgan fingerprint density at radius 1 is 1.29 bits per heavy atom. The van der Waals surface area contributed by atoms with Crippen molar-refractivity contribution in [3.05, 3.63) is 45.7 Å². The van der Waals surface area contributed by atoms with E-state index < -0.39 is 0 Å². The maximum atomic E-state index is 12.7. The average molecular weight is 501 g/mol. The highest BCUT2D eigenvalue weighted by Gasteiger charge is 2.21. The Hall–Kier alpha value is -3.31. The van der Waals surface area contributed by atoms with Gasteiger partial charge < -0.3 is 15.5 Å². The van der Waals surface area contributed by atoms with Gasteiger partial charge in [0.25, 0.3) is 5.91 Å². The zero-order valence-electron chi connectivity index (χ0n) is 19.1. The summed E-state index contributed by atoms with van der Waals surface area (Å²) in [5.74, 6) is 1.34. The van der Waals surface area contributed by atoms with Crippen molar-refractivity contribution in [2.24, 2.45) is 5.92 Å². The van der Waals surface area contributed by atoms with Crippen molar-refractivity contribution in [1.82, 2.24) is 25.3 Å². The molecule has 0 atom stereocenters. The summed E-state index contributed by atoms with van der Waals surface area (Å²) < 4.78 is 0. The van der Waals surface area contributed by atoms with E-state index in [1.54, 1.807) is 6.07 Å². The van der Waals surface area contributed by atoms with Gasteiger partial charge in [0.1, 0.15) is 10.7 Å². The van der Waals surface area contributed by atoms with Crippen molar-refractivity contribution in [3.8, 4) is 0 Å². The monoisotopic (exact) mass is 500 g/mol. The van der Waals surface area contributed by atoms with Gasteiger partial charge in [0.05, 0.1) is 23.5 Å². The second-order valence-corrected chi connectivity index (χ2v) is 9.72. The number of piperazine rings is 1. The zero-order valence-corrected chi connectivity index (χ0v) is 20.6. The smallest absolute Gasteiger partial charge is 0.267 e. The molecule has 0 aliphatic carbocycles. The molecule has 1 aliphatic heterocycles. The second kappa shape index (κ2) is 10.3. The van der Waals surface area contributed by atoms with Gasteiger partial charge in [0.2, 0.25) is 17.8 Å². The lowest BCUT2D eigenvalue weighted by Crippen LogP contribution is -2.48. The first kappa shape index (κ1) is 23.8. The van der Waals surface area contributed by atoms with E-state index in [4.69, 9.17) is 11.6 Å². The van der Waals surface area contributed by atoms with Crippen LogP contribution in [0, 0.1) is 12.8 Å². The number of carbonyl (C=O) groups excluding carboxylic acids is 2. The predicted octanol–water partition coefficient (Wildman–Crippen LogP) is 3.42. The quantitative estimate of drug-likeness (QED) is 0.450. The summed E-state index contributed by atoms with van der Waals surface area (Å²) in [7, 11) is 0. The van der Waals surface area contributed by atoms with Crippen molar-refractivity contribution in [2.45, 2.75) is 27.2 Å². The average Bonchev–Trinajstić information content (AvgIpc) is 3.24. The van der Waals surface area contributed by atoms with E-state index in [1.165, 1.54) is 17.5 Å². The van der Waals surface area contributed by atoms with Gasteiger partial charge in [-0.05, 0) is 24.5 Å². The van der Waals surface area contributed by atoms with Crippen LogP contribution in [0.2, 0.25) is 5.02 Å². The third-order valence-electron chi connectivity index (χ3n) is 4.99. The lowest BCUT2D eigenvalue weighted by atomic mass is 10.1. The fourth-order valence-corrected chi connectivity index (χ4v) is 4.34. The molecule has 178 valence electrons. The van der Waals surface area contributed by atoms with Crippen LogP contribution in [0.15, 0.2) is 24.4 Å². The Morgan fingerprint density at radius 3 is 2.85 bits per heavy atom. The van der Waals surface area contributed by atoms with Gasteiger partial charge >= 0.3 is 0 Å². The number of benzene rings is 1. The minimum absolute atomic E-state index is 0.0732. The third-order valence-corrected chi connectivity index (χ3v) is 6.22. The largest absolute Gasteiger partial charge is 0.353 e. The summed E-state index contributed by atoms with van der Waals surface area (Å²) >= 11 is 7.39. The number of amides is 2. The normalized spacial score (nSPS) is 13.7. The Bertz CT molecular complexity index is 1200. The molecule has 0 saturated carbocycles. The molecule has 0 unspecified atom stereocenters. The van der Waals surface area contributed by atoms with E-state index in [-0.39, 0.29) is 18.4 Å². The van der Waals surface area contributed by atoms with Crippen LogP contribution in [0.5, 0.6) is 0 Å². The highest BCUT2D eigenvalue weighted by molar-refractivity contribution is 7.17. The Balaban J connectivity index is 1.53. The first-order valence-electron chi connectivity index (χ1n) is 10.8. The number of nitrogens with one attached hydrogen (secondary N) is 3. The summed E-state index contributed by atoms with van der Waals surface area (Å²) in [6.45, 7) is 7.37. The highest BCUT2D eigenvalue weighted by Crippen LogP contribution is 2.28. The molecular weight excluding hydrogens is 476 g/mol. The summed E-state index contributed by atoms with van der Waals surface area (Å²) in [5, 5.41) is 9.66. The number of aryl methyl sites for hydroxylation is 1. The number of para-hydroxylation sites is 1. The van der Waals surface area contributed by atoms with Gasteiger partial charge in [-0.3, -0.25) is 14.9 Å². The number of carbonyl (C=O) groups is 2. The maximum absolute atomic E-state index is 12.7. The topological polar surface area (TPSA) is 125 Å². The fourth-order valence-electron chi connectivity index (χ4n) is 3.37. The number of aromatic nitrogens is 4. The lowest BCUT2D eigenvalue weighted by Gasteiger charge is -2.27. The molecule has 3 N–H and O–H groups in total. The number of hydrogen-bond donors (Lipinski definition) is 3. The number of hydrogen-bond acceptors (Lipinski definition) is 9. The van der Waals surface area contributed by atoms with Crippen molar-refractivity contribution in [1.29, 1.82) is 0 Å². The molecule has 0 radical (unpaired) electrons.